The summed E-state index contributed by atoms with van der Waals surface area (Å²) in [5.41, 5.74) is 2.56. The number of nitrogens with zero attached hydrogens (tertiary/aromatic N) is 4. The second kappa shape index (κ2) is 7.70. The first-order valence-electron chi connectivity index (χ1n) is 9.02. The molecule has 2 aromatic heterocycles. The zero-order chi connectivity index (χ0) is 17.8. The van der Waals surface area contributed by atoms with Crippen LogP contribution in [-0.2, 0) is 4.74 Å². The Morgan fingerprint density at radius 1 is 1.12 bits per heavy atom. The van der Waals surface area contributed by atoms with E-state index in [2.05, 4.69) is 20.3 Å². The molecule has 2 heterocycles. The second-order valence-corrected chi connectivity index (χ2v) is 6.48. The van der Waals surface area contributed by atoms with Crippen LogP contribution >= 0.6 is 0 Å². The fourth-order valence-electron chi connectivity index (χ4n) is 3.27. The predicted octanol–water partition coefficient (Wildman–Crippen LogP) is 3.20. The van der Waals surface area contributed by atoms with E-state index in [4.69, 9.17) is 9.47 Å². The average molecular weight is 353 g/mol. The van der Waals surface area contributed by atoms with Crippen molar-refractivity contribution in [3.8, 4) is 11.4 Å². The van der Waals surface area contributed by atoms with Crippen LogP contribution < -0.4 is 10.1 Å². The fourth-order valence-corrected chi connectivity index (χ4v) is 3.27. The number of anilines is 1. The first-order valence-corrected chi connectivity index (χ1v) is 9.02. The van der Waals surface area contributed by atoms with Crippen LogP contribution in [-0.4, -0.2) is 45.9 Å². The summed E-state index contributed by atoms with van der Waals surface area (Å²) in [4.78, 5) is 13.5. The summed E-state index contributed by atoms with van der Waals surface area (Å²) < 4.78 is 12.6. The average Bonchev–Trinajstić information content (AvgIpc) is 3.32. The lowest BCUT2D eigenvalue weighted by molar-refractivity contribution is 0.146. The van der Waals surface area contributed by atoms with Crippen molar-refractivity contribution in [1.29, 1.82) is 0 Å². The Hall–Kier alpha value is -2.67. The highest BCUT2D eigenvalue weighted by Crippen LogP contribution is 2.23. The monoisotopic (exact) mass is 353 g/mol. The van der Waals surface area contributed by atoms with Gasteiger partial charge in [0.1, 0.15) is 24.2 Å². The van der Waals surface area contributed by atoms with Crippen LogP contribution in [0.4, 0.5) is 5.95 Å². The van der Waals surface area contributed by atoms with Gasteiger partial charge in [-0.3, -0.25) is 4.57 Å². The largest absolute Gasteiger partial charge is 0.491 e. The third-order valence-corrected chi connectivity index (χ3v) is 4.65. The number of aromatic nitrogens is 4. The highest BCUT2D eigenvalue weighted by molar-refractivity contribution is 5.73. The van der Waals surface area contributed by atoms with E-state index in [-0.39, 0.29) is 0 Å². The maximum atomic E-state index is 5.61. The van der Waals surface area contributed by atoms with Crippen LogP contribution in [0.2, 0.25) is 0 Å². The van der Waals surface area contributed by atoms with Gasteiger partial charge in [0.05, 0.1) is 12.8 Å². The summed E-state index contributed by atoms with van der Waals surface area (Å²) >= 11 is 0. The number of hydrogen-bond donors (Lipinski definition) is 1. The SMILES string of the molecule is COCCOc1ccc(-n2cnc3cnc(NC4CCCC4)nc32)cc1. The minimum atomic E-state index is 0.479. The van der Waals surface area contributed by atoms with Gasteiger partial charge < -0.3 is 14.8 Å². The van der Waals surface area contributed by atoms with Gasteiger partial charge in [-0.1, -0.05) is 12.8 Å². The Bertz CT molecular complexity index is 856. The summed E-state index contributed by atoms with van der Waals surface area (Å²) in [5.74, 6) is 1.49. The Balaban J connectivity index is 1.55. The van der Waals surface area contributed by atoms with E-state index in [1.807, 2.05) is 28.8 Å². The minimum absolute atomic E-state index is 0.479. The van der Waals surface area contributed by atoms with Crippen molar-refractivity contribution >= 4 is 17.1 Å². The molecule has 4 rings (SSSR count). The van der Waals surface area contributed by atoms with Gasteiger partial charge in [0, 0.05) is 18.8 Å². The Morgan fingerprint density at radius 2 is 1.92 bits per heavy atom. The standard InChI is InChI=1S/C19H23N5O2/c1-25-10-11-26-16-8-6-15(7-9-16)24-13-21-17-12-20-19(23-18(17)24)22-14-4-2-3-5-14/h6-9,12-14H,2-5,10-11H2,1H3,(H,20,22,23). The molecule has 1 N–H and O–H groups in total. The van der Waals surface area contributed by atoms with Crippen molar-refractivity contribution in [3.63, 3.8) is 0 Å². The molecule has 0 bridgehead atoms. The molecular formula is C19H23N5O2. The Morgan fingerprint density at radius 3 is 2.69 bits per heavy atom. The van der Waals surface area contributed by atoms with Crippen LogP contribution in [0.3, 0.4) is 0 Å². The highest BCUT2D eigenvalue weighted by Gasteiger charge is 2.16. The third kappa shape index (κ3) is 3.62. The molecule has 0 unspecified atom stereocenters. The molecule has 7 heteroatoms. The van der Waals surface area contributed by atoms with Crippen molar-refractivity contribution < 1.29 is 9.47 Å². The zero-order valence-electron chi connectivity index (χ0n) is 14.9. The van der Waals surface area contributed by atoms with Gasteiger partial charge in [0.2, 0.25) is 5.95 Å². The highest BCUT2D eigenvalue weighted by atomic mass is 16.5. The molecule has 1 aromatic carbocycles. The molecule has 136 valence electrons. The second-order valence-electron chi connectivity index (χ2n) is 6.48. The molecule has 1 aliphatic rings. The first-order chi connectivity index (χ1) is 12.8. The Labute approximate surface area is 152 Å². The summed E-state index contributed by atoms with van der Waals surface area (Å²) in [7, 11) is 1.66. The normalized spacial score (nSPS) is 14.8. The van der Waals surface area contributed by atoms with Crippen molar-refractivity contribution in [2.75, 3.05) is 25.6 Å². The summed E-state index contributed by atoms with van der Waals surface area (Å²) in [5, 5.41) is 3.44. The lowest BCUT2D eigenvalue weighted by atomic mass is 10.2. The van der Waals surface area contributed by atoms with E-state index < -0.39 is 0 Å². The van der Waals surface area contributed by atoms with Gasteiger partial charge in [-0.2, -0.15) is 4.98 Å². The van der Waals surface area contributed by atoms with E-state index >= 15 is 0 Å². The number of methoxy groups -OCH3 is 1. The number of rotatable bonds is 7. The van der Waals surface area contributed by atoms with Crippen LogP contribution in [0.25, 0.3) is 16.9 Å². The molecular weight excluding hydrogens is 330 g/mol. The summed E-state index contributed by atoms with van der Waals surface area (Å²) in [6.45, 7) is 1.11. The van der Waals surface area contributed by atoms with Gasteiger partial charge in [-0.05, 0) is 37.1 Å². The number of benzene rings is 1. The molecule has 0 spiro atoms. The molecule has 26 heavy (non-hydrogen) atoms. The van der Waals surface area contributed by atoms with Crippen molar-refractivity contribution in [3.05, 3.63) is 36.8 Å². The first kappa shape index (κ1) is 16.8. The van der Waals surface area contributed by atoms with E-state index in [1.54, 1.807) is 19.6 Å². The maximum Gasteiger partial charge on any atom is 0.224 e. The number of imidazole rings is 1. The number of hydrogen-bond acceptors (Lipinski definition) is 6. The molecule has 1 fully saturated rings. The van der Waals surface area contributed by atoms with Crippen molar-refractivity contribution in [2.24, 2.45) is 0 Å². The van der Waals surface area contributed by atoms with Gasteiger partial charge >= 0.3 is 0 Å². The molecule has 1 aliphatic carbocycles. The molecule has 3 aromatic rings. The lowest BCUT2D eigenvalue weighted by Crippen LogP contribution is -2.16. The van der Waals surface area contributed by atoms with E-state index in [1.165, 1.54) is 25.7 Å². The van der Waals surface area contributed by atoms with Gasteiger partial charge in [0.25, 0.3) is 0 Å². The number of nitrogens with one attached hydrogen (secondary N) is 1. The molecule has 0 radical (unpaired) electrons. The summed E-state index contributed by atoms with van der Waals surface area (Å²) in [6, 6.07) is 8.35. The summed E-state index contributed by atoms with van der Waals surface area (Å²) in [6.07, 6.45) is 8.47. The van der Waals surface area contributed by atoms with Crippen LogP contribution in [0.5, 0.6) is 5.75 Å². The minimum Gasteiger partial charge on any atom is -0.491 e. The van der Waals surface area contributed by atoms with Crippen molar-refractivity contribution in [1.82, 2.24) is 19.5 Å². The molecule has 7 nitrogen and oxygen atoms in total. The fraction of sp³-hybridized carbons (Fsp3) is 0.421. The van der Waals surface area contributed by atoms with Crippen LogP contribution in [0, 0.1) is 0 Å². The topological polar surface area (TPSA) is 74.1 Å². The molecule has 0 atom stereocenters. The molecule has 0 aliphatic heterocycles. The van der Waals surface area contributed by atoms with Gasteiger partial charge in [-0.15, -0.1) is 0 Å². The van der Waals surface area contributed by atoms with E-state index in [0.29, 0.717) is 25.2 Å². The predicted molar refractivity (Wildman–Crippen MR) is 99.9 cm³/mol. The van der Waals surface area contributed by atoms with Gasteiger partial charge in [0.15, 0.2) is 5.65 Å². The molecule has 0 amide bonds. The zero-order valence-corrected chi connectivity index (χ0v) is 14.9. The van der Waals surface area contributed by atoms with Gasteiger partial charge in [-0.25, -0.2) is 9.97 Å². The van der Waals surface area contributed by atoms with Crippen LogP contribution in [0.1, 0.15) is 25.7 Å². The molecule has 0 saturated heterocycles. The maximum absolute atomic E-state index is 5.61. The third-order valence-electron chi connectivity index (χ3n) is 4.65. The number of fused-ring (bicyclic) bond motifs is 1. The van der Waals surface area contributed by atoms with Crippen LogP contribution in [0.15, 0.2) is 36.8 Å². The number of ether oxygens (including phenoxy) is 2. The van der Waals surface area contributed by atoms with Crippen molar-refractivity contribution in [2.45, 2.75) is 31.7 Å². The Kier molecular flexibility index (Phi) is 4.97. The molecule has 1 saturated carbocycles. The quantitative estimate of drug-likeness (QED) is 0.658. The van der Waals surface area contributed by atoms with E-state index in [0.717, 1.165) is 22.6 Å². The smallest absolute Gasteiger partial charge is 0.224 e. The van der Waals surface area contributed by atoms with E-state index in [9.17, 15) is 0 Å². The lowest BCUT2D eigenvalue weighted by Gasteiger charge is -2.12.